The van der Waals surface area contributed by atoms with Crippen LogP contribution in [0.2, 0.25) is 0 Å². The topological polar surface area (TPSA) is 51.0 Å². The monoisotopic (exact) mass is 292 g/mol. The van der Waals surface area contributed by atoms with Crippen LogP contribution >= 0.6 is 0 Å². The third-order valence-electron chi connectivity index (χ3n) is 4.22. The highest BCUT2D eigenvalue weighted by Gasteiger charge is 2.45. The SMILES string of the molecule is C[NH+](C)CCOC(=O)C(c1ccccc1)C1(O)CCCC1. The minimum Gasteiger partial charge on any atom is -0.459 e. The molecule has 1 atom stereocenters. The molecule has 0 heterocycles. The zero-order valence-electron chi connectivity index (χ0n) is 13.0. The molecule has 2 rings (SSSR count). The second-order valence-electron chi connectivity index (χ2n) is 6.28. The fourth-order valence-electron chi connectivity index (χ4n) is 3.03. The third kappa shape index (κ3) is 4.05. The first kappa shape index (κ1) is 16.0. The molecule has 0 saturated heterocycles. The Labute approximate surface area is 126 Å². The van der Waals surface area contributed by atoms with Gasteiger partial charge in [-0.15, -0.1) is 0 Å². The predicted octanol–water partition coefficient (Wildman–Crippen LogP) is 0.763. The first-order chi connectivity index (χ1) is 10.0. The molecule has 0 aliphatic heterocycles. The first-order valence-corrected chi connectivity index (χ1v) is 7.76. The van der Waals surface area contributed by atoms with Gasteiger partial charge in [0, 0.05) is 0 Å². The van der Waals surface area contributed by atoms with Crippen LogP contribution in [0.4, 0.5) is 0 Å². The van der Waals surface area contributed by atoms with Crippen molar-refractivity contribution < 1.29 is 19.5 Å². The van der Waals surface area contributed by atoms with E-state index < -0.39 is 11.5 Å². The Morgan fingerprint density at radius 2 is 1.90 bits per heavy atom. The maximum absolute atomic E-state index is 12.5. The molecule has 116 valence electrons. The second kappa shape index (κ2) is 7.05. The summed E-state index contributed by atoms with van der Waals surface area (Å²) in [6.07, 6.45) is 3.27. The Morgan fingerprint density at radius 1 is 1.29 bits per heavy atom. The van der Waals surface area contributed by atoms with Crippen molar-refractivity contribution in [1.82, 2.24) is 0 Å². The number of rotatable bonds is 6. The molecule has 0 spiro atoms. The van der Waals surface area contributed by atoms with Crippen LogP contribution in [0.15, 0.2) is 30.3 Å². The molecule has 2 N–H and O–H groups in total. The van der Waals surface area contributed by atoms with Crippen molar-refractivity contribution in [3.63, 3.8) is 0 Å². The summed E-state index contributed by atoms with van der Waals surface area (Å²) in [5, 5.41) is 10.9. The van der Waals surface area contributed by atoms with Crippen molar-refractivity contribution in [2.75, 3.05) is 27.2 Å². The molecule has 1 unspecified atom stereocenters. The Hall–Kier alpha value is -1.39. The number of likely N-dealkylation sites (N-methyl/N-ethyl adjacent to an activating group) is 1. The minimum absolute atomic E-state index is 0.299. The molecule has 0 amide bonds. The van der Waals surface area contributed by atoms with Gasteiger partial charge in [-0.1, -0.05) is 43.2 Å². The summed E-state index contributed by atoms with van der Waals surface area (Å²) < 4.78 is 5.43. The minimum atomic E-state index is -0.955. The van der Waals surface area contributed by atoms with Gasteiger partial charge in [-0.3, -0.25) is 4.79 Å². The number of carbonyl (C=O) groups is 1. The quantitative estimate of drug-likeness (QED) is 0.761. The van der Waals surface area contributed by atoms with E-state index in [4.69, 9.17) is 4.74 Å². The highest BCUT2D eigenvalue weighted by molar-refractivity contribution is 5.80. The van der Waals surface area contributed by atoms with Gasteiger partial charge in [-0.25, -0.2) is 0 Å². The van der Waals surface area contributed by atoms with Gasteiger partial charge in [0.15, 0.2) is 0 Å². The molecule has 4 heteroatoms. The van der Waals surface area contributed by atoms with Crippen LogP contribution in [0.1, 0.15) is 37.2 Å². The number of nitrogens with one attached hydrogen (secondary N) is 1. The number of carbonyl (C=O) groups excluding carboxylic acids is 1. The van der Waals surface area contributed by atoms with E-state index in [1.807, 2.05) is 44.4 Å². The summed E-state index contributed by atoms with van der Waals surface area (Å²) in [6.45, 7) is 1.16. The Kier molecular flexibility index (Phi) is 5.37. The summed E-state index contributed by atoms with van der Waals surface area (Å²) in [5.74, 6) is -0.870. The molecule has 0 aromatic heterocycles. The summed E-state index contributed by atoms with van der Waals surface area (Å²) >= 11 is 0. The maximum Gasteiger partial charge on any atom is 0.316 e. The lowest BCUT2D eigenvalue weighted by molar-refractivity contribution is -0.858. The number of hydrogen-bond acceptors (Lipinski definition) is 3. The van der Waals surface area contributed by atoms with Crippen LogP contribution in [-0.2, 0) is 9.53 Å². The van der Waals surface area contributed by atoms with E-state index >= 15 is 0 Å². The van der Waals surface area contributed by atoms with Crippen LogP contribution in [0.3, 0.4) is 0 Å². The smallest absolute Gasteiger partial charge is 0.316 e. The van der Waals surface area contributed by atoms with Crippen molar-refractivity contribution >= 4 is 5.97 Å². The molecule has 0 bridgehead atoms. The number of quaternary nitrogens is 1. The molecule has 1 aromatic rings. The second-order valence-corrected chi connectivity index (χ2v) is 6.28. The van der Waals surface area contributed by atoms with Crippen molar-refractivity contribution in [2.45, 2.75) is 37.2 Å². The predicted molar refractivity (Wildman–Crippen MR) is 81.2 cm³/mol. The fourth-order valence-corrected chi connectivity index (χ4v) is 3.03. The van der Waals surface area contributed by atoms with Gasteiger partial charge in [-0.05, 0) is 18.4 Å². The molecule has 4 nitrogen and oxygen atoms in total. The summed E-state index contributed by atoms with van der Waals surface area (Å²) in [6, 6.07) is 9.52. The van der Waals surface area contributed by atoms with E-state index in [2.05, 4.69) is 0 Å². The highest BCUT2D eigenvalue weighted by Crippen LogP contribution is 2.41. The van der Waals surface area contributed by atoms with Gasteiger partial charge < -0.3 is 14.7 Å². The Bertz CT molecular complexity index is 452. The Morgan fingerprint density at radius 3 is 2.48 bits per heavy atom. The van der Waals surface area contributed by atoms with E-state index in [-0.39, 0.29) is 5.97 Å². The van der Waals surface area contributed by atoms with Crippen molar-refractivity contribution in [2.24, 2.45) is 0 Å². The summed E-state index contributed by atoms with van der Waals surface area (Å²) in [7, 11) is 4.04. The number of benzene rings is 1. The van der Waals surface area contributed by atoms with Crippen molar-refractivity contribution in [3.05, 3.63) is 35.9 Å². The van der Waals surface area contributed by atoms with Gasteiger partial charge in [0.05, 0.1) is 19.7 Å². The first-order valence-electron chi connectivity index (χ1n) is 7.76. The van der Waals surface area contributed by atoms with Gasteiger partial charge >= 0.3 is 5.97 Å². The normalized spacial score (nSPS) is 18.7. The van der Waals surface area contributed by atoms with Gasteiger partial charge in [0.1, 0.15) is 19.1 Å². The summed E-state index contributed by atoms with van der Waals surface area (Å²) in [4.78, 5) is 13.8. The van der Waals surface area contributed by atoms with Gasteiger partial charge in [-0.2, -0.15) is 0 Å². The third-order valence-corrected chi connectivity index (χ3v) is 4.22. The molecule has 1 saturated carbocycles. The number of hydrogen-bond donors (Lipinski definition) is 2. The zero-order valence-corrected chi connectivity index (χ0v) is 13.0. The van der Waals surface area contributed by atoms with E-state index in [1.165, 1.54) is 4.90 Å². The number of ether oxygens (including phenoxy) is 1. The lowest BCUT2D eigenvalue weighted by Crippen LogP contribution is -3.06. The number of esters is 1. The van der Waals surface area contributed by atoms with E-state index in [1.54, 1.807) is 0 Å². The van der Waals surface area contributed by atoms with Crippen LogP contribution in [0.5, 0.6) is 0 Å². The molecular weight excluding hydrogens is 266 g/mol. The largest absolute Gasteiger partial charge is 0.459 e. The standard InChI is InChI=1S/C17H25NO3/c1-18(2)12-13-21-16(19)15(14-8-4-3-5-9-14)17(20)10-6-7-11-17/h3-5,8-9,15,20H,6-7,10-13H2,1-2H3/p+1. The average molecular weight is 292 g/mol. The van der Waals surface area contributed by atoms with Crippen LogP contribution in [-0.4, -0.2) is 43.9 Å². The summed E-state index contributed by atoms with van der Waals surface area (Å²) in [5.41, 5.74) is -0.104. The van der Waals surface area contributed by atoms with Gasteiger partial charge in [0.25, 0.3) is 0 Å². The molecule has 1 aliphatic rings. The van der Waals surface area contributed by atoms with Crippen LogP contribution in [0.25, 0.3) is 0 Å². The van der Waals surface area contributed by atoms with E-state index in [0.717, 1.165) is 24.9 Å². The van der Waals surface area contributed by atoms with E-state index in [0.29, 0.717) is 19.4 Å². The fraction of sp³-hybridized carbons (Fsp3) is 0.588. The molecule has 1 aliphatic carbocycles. The maximum atomic E-state index is 12.5. The molecule has 0 radical (unpaired) electrons. The zero-order chi connectivity index (χ0) is 15.3. The molecule has 21 heavy (non-hydrogen) atoms. The molecule has 1 fully saturated rings. The Balaban J connectivity index is 2.14. The van der Waals surface area contributed by atoms with E-state index in [9.17, 15) is 9.90 Å². The highest BCUT2D eigenvalue weighted by atomic mass is 16.5. The average Bonchev–Trinajstić information content (AvgIpc) is 2.87. The van der Waals surface area contributed by atoms with Crippen LogP contribution < -0.4 is 4.90 Å². The van der Waals surface area contributed by atoms with Crippen molar-refractivity contribution in [3.8, 4) is 0 Å². The lowest BCUT2D eigenvalue weighted by atomic mass is 9.81. The van der Waals surface area contributed by atoms with Crippen LogP contribution in [0, 0.1) is 0 Å². The van der Waals surface area contributed by atoms with Crippen molar-refractivity contribution in [1.29, 1.82) is 0 Å². The molecular formula is C17H26NO3+. The number of aliphatic hydroxyl groups is 1. The lowest BCUT2D eigenvalue weighted by Gasteiger charge is -2.31. The molecule has 1 aromatic carbocycles. The van der Waals surface area contributed by atoms with Gasteiger partial charge in [0.2, 0.25) is 0 Å².